The predicted octanol–water partition coefficient (Wildman–Crippen LogP) is -0.0711. The summed E-state index contributed by atoms with van der Waals surface area (Å²) >= 11 is 0. The summed E-state index contributed by atoms with van der Waals surface area (Å²) in [6.07, 6.45) is 0. The van der Waals surface area contributed by atoms with Gasteiger partial charge in [-0.15, -0.1) is 0 Å². The fourth-order valence-corrected chi connectivity index (χ4v) is 1.23. The van der Waals surface area contributed by atoms with Crippen molar-refractivity contribution in [2.75, 3.05) is 12.3 Å². The van der Waals surface area contributed by atoms with Crippen LogP contribution in [0.1, 0.15) is 15.9 Å². The van der Waals surface area contributed by atoms with Gasteiger partial charge in [0.1, 0.15) is 0 Å². The molecule has 0 spiro atoms. The minimum atomic E-state index is -1.01. The first-order valence-corrected chi connectivity index (χ1v) is 5.02. The standard InChI is InChI=1S/C11H13N3O4/c1-6-2-3-8(12)7(4-6)10(16)18-5-9(15)14-11(13)17/h2-4H,5,12H2,1H3,(H3,13,14,15,17). The number of benzene rings is 1. The van der Waals surface area contributed by atoms with Crippen LogP contribution in [0.4, 0.5) is 10.5 Å². The number of amides is 3. The molecule has 7 nitrogen and oxygen atoms in total. The summed E-state index contributed by atoms with van der Waals surface area (Å²) in [5, 5.41) is 1.77. The van der Waals surface area contributed by atoms with Gasteiger partial charge in [-0.2, -0.15) is 0 Å². The number of urea groups is 1. The number of anilines is 1. The highest BCUT2D eigenvalue weighted by atomic mass is 16.5. The van der Waals surface area contributed by atoms with Crippen LogP contribution in [0.5, 0.6) is 0 Å². The van der Waals surface area contributed by atoms with E-state index < -0.39 is 24.5 Å². The molecule has 0 heterocycles. The maximum Gasteiger partial charge on any atom is 0.340 e. The Morgan fingerprint density at radius 1 is 1.33 bits per heavy atom. The van der Waals surface area contributed by atoms with E-state index in [1.54, 1.807) is 30.4 Å². The number of hydrogen-bond acceptors (Lipinski definition) is 5. The summed E-state index contributed by atoms with van der Waals surface area (Å²) < 4.78 is 4.69. The van der Waals surface area contributed by atoms with Crippen molar-refractivity contribution in [2.24, 2.45) is 5.73 Å². The van der Waals surface area contributed by atoms with Gasteiger partial charge >= 0.3 is 12.0 Å². The zero-order valence-electron chi connectivity index (χ0n) is 9.73. The molecule has 1 aromatic rings. The molecule has 0 aromatic heterocycles. The average Bonchev–Trinajstić information content (AvgIpc) is 2.28. The van der Waals surface area contributed by atoms with Crippen molar-refractivity contribution < 1.29 is 19.1 Å². The Hall–Kier alpha value is -2.57. The van der Waals surface area contributed by atoms with Crippen LogP contribution in [-0.2, 0) is 9.53 Å². The molecule has 7 heteroatoms. The molecule has 0 radical (unpaired) electrons. The molecule has 96 valence electrons. The van der Waals surface area contributed by atoms with Crippen molar-refractivity contribution in [1.82, 2.24) is 5.32 Å². The first-order chi connectivity index (χ1) is 8.40. The van der Waals surface area contributed by atoms with Crippen LogP contribution >= 0.6 is 0 Å². The second-order valence-electron chi connectivity index (χ2n) is 3.58. The normalized spacial score (nSPS) is 9.61. The van der Waals surface area contributed by atoms with Crippen molar-refractivity contribution in [2.45, 2.75) is 6.92 Å². The molecule has 5 N–H and O–H groups in total. The zero-order chi connectivity index (χ0) is 13.7. The molecular weight excluding hydrogens is 238 g/mol. The molecule has 3 amide bonds. The van der Waals surface area contributed by atoms with E-state index in [0.29, 0.717) is 0 Å². The third-order valence-corrected chi connectivity index (χ3v) is 2.03. The number of carbonyl (C=O) groups excluding carboxylic acids is 3. The first kappa shape index (κ1) is 13.5. The van der Waals surface area contributed by atoms with Gasteiger partial charge in [0.25, 0.3) is 5.91 Å². The number of hydrogen-bond donors (Lipinski definition) is 3. The summed E-state index contributed by atoms with van der Waals surface area (Å²) in [5.74, 6) is -1.54. The van der Waals surface area contributed by atoms with Gasteiger partial charge in [0, 0.05) is 5.69 Å². The van der Waals surface area contributed by atoms with Crippen molar-refractivity contribution >= 4 is 23.6 Å². The van der Waals surface area contributed by atoms with Crippen LogP contribution in [0.15, 0.2) is 18.2 Å². The van der Waals surface area contributed by atoms with Gasteiger partial charge in [-0.1, -0.05) is 11.6 Å². The number of imide groups is 1. The largest absolute Gasteiger partial charge is 0.452 e. The summed E-state index contributed by atoms with van der Waals surface area (Å²) in [7, 11) is 0. The van der Waals surface area contributed by atoms with Crippen LogP contribution in [0, 0.1) is 6.92 Å². The minimum Gasteiger partial charge on any atom is -0.452 e. The molecule has 0 saturated heterocycles. The van der Waals surface area contributed by atoms with Gasteiger partial charge in [-0.05, 0) is 19.1 Å². The van der Waals surface area contributed by atoms with E-state index >= 15 is 0 Å². The molecule has 1 rings (SSSR count). The second kappa shape index (κ2) is 5.67. The van der Waals surface area contributed by atoms with Gasteiger partial charge in [-0.25, -0.2) is 9.59 Å². The van der Waals surface area contributed by atoms with Crippen LogP contribution in [0.25, 0.3) is 0 Å². The van der Waals surface area contributed by atoms with E-state index in [4.69, 9.17) is 11.5 Å². The van der Waals surface area contributed by atoms with Gasteiger partial charge in [0.15, 0.2) is 6.61 Å². The van der Waals surface area contributed by atoms with E-state index in [1.807, 2.05) is 0 Å². The Labute approximate surface area is 103 Å². The lowest BCUT2D eigenvalue weighted by molar-refractivity contribution is -0.123. The van der Waals surface area contributed by atoms with Gasteiger partial charge < -0.3 is 16.2 Å². The molecule has 0 bridgehead atoms. The highest BCUT2D eigenvalue weighted by Crippen LogP contribution is 2.14. The monoisotopic (exact) mass is 251 g/mol. The lowest BCUT2D eigenvalue weighted by atomic mass is 10.1. The topological polar surface area (TPSA) is 125 Å². The number of carbonyl (C=O) groups is 3. The van der Waals surface area contributed by atoms with E-state index in [2.05, 4.69) is 4.74 Å². The molecular formula is C11H13N3O4. The lowest BCUT2D eigenvalue weighted by Crippen LogP contribution is -2.37. The molecule has 0 atom stereocenters. The summed E-state index contributed by atoms with van der Waals surface area (Å²) in [6, 6.07) is 3.84. The first-order valence-electron chi connectivity index (χ1n) is 5.02. The number of aryl methyl sites for hydroxylation is 1. The maximum atomic E-state index is 11.6. The van der Waals surface area contributed by atoms with Crippen LogP contribution in [0.3, 0.4) is 0 Å². The van der Waals surface area contributed by atoms with Crippen LogP contribution in [-0.4, -0.2) is 24.5 Å². The third-order valence-electron chi connectivity index (χ3n) is 2.03. The Morgan fingerprint density at radius 2 is 2.00 bits per heavy atom. The molecule has 0 unspecified atom stereocenters. The quantitative estimate of drug-likeness (QED) is 0.512. The third kappa shape index (κ3) is 3.78. The molecule has 0 aliphatic heterocycles. The van der Waals surface area contributed by atoms with Crippen molar-refractivity contribution in [3.8, 4) is 0 Å². The van der Waals surface area contributed by atoms with E-state index in [1.165, 1.54) is 0 Å². The number of ether oxygens (including phenoxy) is 1. The zero-order valence-corrected chi connectivity index (χ0v) is 9.73. The fraction of sp³-hybridized carbons (Fsp3) is 0.182. The molecule has 0 saturated carbocycles. The number of esters is 1. The summed E-state index contributed by atoms with van der Waals surface area (Å²) in [5.41, 5.74) is 11.6. The Kier molecular flexibility index (Phi) is 4.25. The predicted molar refractivity (Wildman–Crippen MR) is 63.6 cm³/mol. The second-order valence-corrected chi connectivity index (χ2v) is 3.58. The minimum absolute atomic E-state index is 0.168. The van der Waals surface area contributed by atoms with Crippen molar-refractivity contribution in [3.63, 3.8) is 0 Å². The number of primary amides is 1. The fourth-order valence-electron chi connectivity index (χ4n) is 1.23. The smallest absolute Gasteiger partial charge is 0.340 e. The number of nitrogens with one attached hydrogen (secondary N) is 1. The summed E-state index contributed by atoms with van der Waals surface area (Å²) in [4.78, 5) is 33.0. The van der Waals surface area contributed by atoms with Gasteiger partial charge in [-0.3, -0.25) is 10.1 Å². The molecule has 0 fully saturated rings. The van der Waals surface area contributed by atoms with E-state index in [-0.39, 0.29) is 11.3 Å². The number of rotatable bonds is 3. The highest BCUT2D eigenvalue weighted by molar-refractivity contribution is 5.98. The maximum absolute atomic E-state index is 11.6. The highest BCUT2D eigenvalue weighted by Gasteiger charge is 2.13. The molecule has 0 aliphatic carbocycles. The molecule has 1 aromatic carbocycles. The van der Waals surface area contributed by atoms with Gasteiger partial charge in [0.05, 0.1) is 5.56 Å². The average molecular weight is 251 g/mol. The van der Waals surface area contributed by atoms with Crippen LogP contribution < -0.4 is 16.8 Å². The summed E-state index contributed by atoms with van der Waals surface area (Å²) in [6.45, 7) is 1.19. The van der Waals surface area contributed by atoms with Gasteiger partial charge in [0.2, 0.25) is 0 Å². The molecule has 0 aliphatic rings. The van der Waals surface area contributed by atoms with Crippen molar-refractivity contribution in [3.05, 3.63) is 29.3 Å². The van der Waals surface area contributed by atoms with E-state index in [0.717, 1.165) is 5.56 Å². The number of nitrogen functional groups attached to an aromatic ring is 1. The van der Waals surface area contributed by atoms with Crippen molar-refractivity contribution in [1.29, 1.82) is 0 Å². The molecule has 18 heavy (non-hydrogen) atoms. The number of nitrogens with two attached hydrogens (primary N) is 2. The lowest BCUT2D eigenvalue weighted by Gasteiger charge is -2.07. The Balaban J connectivity index is 2.63. The Bertz CT molecular complexity index is 499. The van der Waals surface area contributed by atoms with Crippen LogP contribution in [0.2, 0.25) is 0 Å². The Morgan fingerprint density at radius 3 is 2.61 bits per heavy atom. The van der Waals surface area contributed by atoms with E-state index in [9.17, 15) is 14.4 Å². The SMILES string of the molecule is Cc1ccc(N)c(C(=O)OCC(=O)NC(N)=O)c1.